The van der Waals surface area contributed by atoms with Crippen LogP contribution in [0.2, 0.25) is 0 Å². The third-order valence-corrected chi connectivity index (χ3v) is 6.25. The van der Waals surface area contributed by atoms with Crippen molar-refractivity contribution in [2.24, 2.45) is 5.92 Å². The van der Waals surface area contributed by atoms with Gasteiger partial charge in [-0.3, -0.25) is 4.79 Å². The molecule has 31 heavy (non-hydrogen) atoms. The van der Waals surface area contributed by atoms with E-state index in [2.05, 4.69) is 4.98 Å². The molecule has 0 saturated carbocycles. The van der Waals surface area contributed by atoms with Crippen molar-refractivity contribution in [3.8, 4) is 0 Å². The van der Waals surface area contributed by atoms with Gasteiger partial charge < -0.3 is 14.9 Å². The van der Waals surface area contributed by atoms with Gasteiger partial charge in [-0.05, 0) is 42.0 Å². The van der Waals surface area contributed by atoms with Crippen molar-refractivity contribution in [3.05, 3.63) is 95.7 Å². The van der Waals surface area contributed by atoms with Crippen LogP contribution in [0, 0.1) is 5.92 Å². The molecule has 2 heterocycles. The van der Waals surface area contributed by atoms with Gasteiger partial charge >= 0.3 is 0 Å². The second-order valence-electron chi connectivity index (χ2n) is 8.36. The fourth-order valence-corrected chi connectivity index (χ4v) is 4.50. The molecule has 0 aliphatic carbocycles. The lowest BCUT2D eigenvalue weighted by atomic mass is 9.72. The highest BCUT2D eigenvalue weighted by Crippen LogP contribution is 2.42. The Morgan fingerprint density at radius 2 is 1.52 bits per heavy atom. The Morgan fingerprint density at radius 1 is 0.968 bits per heavy atom. The molecular formula is C26H29N3O2. The Hall–Kier alpha value is -3.18. The summed E-state index contributed by atoms with van der Waals surface area (Å²) in [5.41, 5.74) is 1.37. The number of aromatic nitrogens is 1. The fourth-order valence-electron chi connectivity index (χ4n) is 4.50. The molecule has 5 nitrogen and oxygen atoms in total. The van der Waals surface area contributed by atoms with Crippen molar-refractivity contribution >= 4 is 11.7 Å². The molecule has 2 aromatic carbocycles. The van der Waals surface area contributed by atoms with E-state index in [-0.39, 0.29) is 11.8 Å². The highest BCUT2D eigenvalue weighted by molar-refractivity contribution is 5.94. The Morgan fingerprint density at radius 3 is 2.03 bits per heavy atom. The Bertz CT molecular complexity index is 974. The number of rotatable bonds is 5. The molecule has 0 atom stereocenters. The summed E-state index contributed by atoms with van der Waals surface area (Å²) in [6, 6.07) is 23.4. The zero-order chi connectivity index (χ0) is 21.8. The normalized spacial score (nSPS) is 15.0. The first-order valence-electron chi connectivity index (χ1n) is 10.8. The zero-order valence-corrected chi connectivity index (χ0v) is 18.1. The molecule has 0 spiro atoms. The third kappa shape index (κ3) is 4.19. The van der Waals surface area contributed by atoms with E-state index in [1.165, 1.54) is 0 Å². The number of hydrogen-bond acceptors (Lipinski definition) is 4. The largest absolute Gasteiger partial charge is 0.380 e. The van der Waals surface area contributed by atoms with Crippen molar-refractivity contribution < 1.29 is 9.90 Å². The minimum absolute atomic E-state index is 0.0203. The maximum atomic E-state index is 13.1. The smallest absolute Gasteiger partial charge is 0.254 e. The van der Waals surface area contributed by atoms with Gasteiger partial charge in [-0.2, -0.15) is 0 Å². The SMILES string of the molecule is CN(C)c1cc(C(=O)N2CCC(C(O)(c3ccccc3)c3ccccc3)CC2)ccn1. The van der Waals surface area contributed by atoms with E-state index in [4.69, 9.17) is 0 Å². The molecule has 1 aliphatic rings. The van der Waals surface area contributed by atoms with E-state index in [1.807, 2.05) is 90.6 Å². The molecule has 1 fully saturated rings. The molecular weight excluding hydrogens is 386 g/mol. The summed E-state index contributed by atoms with van der Waals surface area (Å²) in [4.78, 5) is 21.2. The quantitative estimate of drug-likeness (QED) is 0.686. The number of hydrogen-bond donors (Lipinski definition) is 1. The molecule has 0 bridgehead atoms. The highest BCUT2D eigenvalue weighted by atomic mass is 16.3. The summed E-state index contributed by atoms with van der Waals surface area (Å²) in [6.07, 6.45) is 3.15. The maximum absolute atomic E-state index is 13.1. The van der Waals surface area contributed by atoms with Gasteiger partial charge in [-0.15, -0.1) is 0 Å². The molecule has 1 aliphatic heterocycles. The van der Waals surface area contributed by atoms with Gasteiger partial charge in [0, 0.05) is 38.9 Å². The van der Waals surface area contributed by atoms with Gasteiger partial charge in [0.25, 0.3) is 5.91 Å². The third-order valence-electron chi connectivity index (χ3n) is 6.25. The highest BCUT2D eigenvalue weighted by Gasteiger charge is 2.42. The Balaban J connectivity index is 1.55. The summed E-state index contributed by atoms with van der Waals surface area (Å²) in [5, 5.41) is 12.0. The van der Waals surface area contributed by atoms with E-state index in [0.717, 1.165) is 29.8 Å². The van der Waals surface area contributed by atoms with E-state index in [0.29, 0.717) is 18.7 Å². The second-order valence-corrected chi connectivity index (χ2v) is 8.36. The van der Waals surface area contributed by atoms with Crippen LogP contribution in [-0.4, -0.2) is 48.1 Å². The number of anilines is 1. The first kappa shape index (κ1) is 21.1. The minimum atomic E-state index is -1.08. The molecule has 160 valence electrons. The average Bonchev–Trinajstić information content (AvgIpc) is 2.84. The molecule has 0 unspecified atom stereocenters. The van der Waals surface area contributed by atoms with Gasteiger partial charge in [0.05, 0.1) is 0 Å². The molecule has 5 heteroatoms. The van der Waals surface area contributed by atoms with E-state index >= 15 is 0 Å². The lowest BCUT2D eigenvalue weighted by Gasteiger charge is -2.42. The number of benzene rings is 2. The number of piperidine rings is 1. The fraction of sp³-hybridized carbons (Fsp3) is 0.308. The van der Waals surface area contributed by atoms with Crippen LogP contribution in [0.1, 0.15) is 34.3 Å². The van der Waals surface area contributed by atoms with Gasteiger partial charge in [-0.1, -0.05) is 60.7 Å². The molecule has 1 saturated heterocycles. The summed E-state index contributed by atoms with van der Waals surface area (Å²) in [6.45, 7) is 1.23. The molecule has 0 radical (unpaired) electrons. The van der Waals surface area contributed by atoms with Crippen LogP contribution in [-0.2, 0) is 5.60 Å². The van der Waals surface area contributed by atoms with Crippen molar-refractivity contribution in [1.82, 2.24) is 9.88 Å². The van der Waals surface area contributed by atoms with Crippen LogP contribution in [0.15, 0.2) is 79.0 Å². The number of amides is 1. The Labute approximate surface area is 184 Å². The van der Waals surface area contributed by atoms with E-state index in [1.54, 1.807) is 12.3 Å². The minimum Gasteiger partial charge on any atom is -0.380 e. The number of carbonyl (C=O) groups excluding carboxylic acids is 1. The first-order valence-corrected chi connectivity index (χ1v) is 10.8. The van der Waals surface area contributed by atoms with Gasteiger partial charge in [-0.25, -0.2) is 4.98 Å². The first-order chi connectivity index (χ1) is 15.0. The van der Waals surface area contributed by atoms with Crippen molar-refractivity contribution in [2.75, 3.05) is 32.1 Å². The van der Waals surface area contributed by atoms with Crippen LogP contribution in [0.3, 0.4) is 0 Å². The summed E-state index contributed by atoms with van der Waals surface area (Å²) in [5.74, 6) is 0.811. The van der Waals surface area contributed by atoms with Crippen LogP contribution in [0.25, 0.3) is 0 Å². The number of nitrogens with zero attached hydrogens (tertiary/aromatic N) is 3. The topological polar surface area (TPSA) is 56.7 Å². The van der Waals surface area contributed by atoms with Crippen LogP contribution < -0.4 is 4.90 Å². The molecule has 1 aromatic heterocycles. The van der Waals surface area contributed by atoms with Gasteiger partial charge in [0.2, 0.25) is 0 Å². The van der Waals surface area contributed by atoms with Gasteiger partial charge in [0.15, 0.2) is 0 Å². The molecule has 3 aromatic rings. The summed E-state index contributed by atoms with van der Waals surface area (Å²) in [7, 11) is 3.83. The van der Waals surface area contributed by atoms with Crippen LogP contribution in [0.5, 0.6) is 0 Å². The molecule has 1 N–H and O–H groups in total. The van der Waals surface area contributed by atoms with Crippen molar-refractivity contribution in [2.45, 2.75) is 18.4 Å². The van der Waals surface area contributed by atoms with Crippen molar-refractivity contribution in [3.63, 3.8) is 0 Å². The van der Waals surface area contributed by atoms with Crippen molar-refractivity contribution in [1.29, 1.82) is 0 Å². The standard InChI is InChI=1S/C26H29N3O2/c1-28(2)24-19-20(13-16-27-24)25(30)29-17-14-23(15-18-29)26(31,21-9-5-3-6-10-21)22-11-7-4-8-12-22/h3-13,16,19,23,31H,14-15,17-18H2,1-2H3. The van der Waals surface area contributed by atoms with Crippen LogP contribution >= 0.6 is 0 Å². The predicted molar refractivity (Wildman–Crippen MR) is 123 cm³/mol. The summed E-state index contributed by atoms with van der Waals surface area (Å²) >= 11 is 0. The Kier molecular flexibility index (Phi) is 6.05. The van der Waals surface area contributed by atoms with Gasteiger partial charge in [0.1, 0.15) is 11.4 Å². The number of aliphatic hydroxyl groups is 1. The lowest BCUT2D eigenvalue weighted by molar-refractivity contribution is -0.0122. The molecule has 1 amide bonds. The number of pyridine rings is 1. The van der Waals surface area contributed by atoms with E-state index < -0.39 is 5.60 Å². The lowest BCUT2D eigenvalue weighted by Crippen LogP contribution is -2.46. The number of likely N-dealkylation sites (tertiary alicyclic amines) is 1. The maximum Gasteiger partial charge on any atom is 0.254 e. The second kappa shape index (κ2) is 8.90. The number of carbonyl (C=O) groups is 1. The average molecular weight is 416 g/mol. The van der Waals surface area contributed by atoms with Crippen LogP contribution in [0.4, 0.5) is 5.82 Å². The monoisotopic (exact) mass is 415 g/mol. The molecule has 4 rings (SSSR count). The summed E-state index contributed by atoms with van der Waals surface area (Å²) < 4.78 is 0. The predicted octanol–water partition coefficient (Wildman–Crippen LogP) is 3.94. The van der Waals surface area contributed by atoms with E-state index in [9.17, 15) is 9.90 Å². The zero-order valence-electron chi connectivity index (χ0n) is 18.1.